The molecule has 0 radical (unpaired) electrons. The molecule has 0 bridgehead atoms. The SMILES string of the molecule is COc1cccc(C(=O)NCCNC(=O)c2ccccc2I)c1. The number of benzene rings is 2. The minimum absolute atomic E-state index is 0.148. The zero-order valence-electron chi connectivity index (χ0n) is 12.6. The molecule has 0 aliphatic rings. The van der Waals surface area contributed by atoms with Crippen molar-refractivity contribution in [2.45, 2.75) is 0 Å². The Morgan fingerprint density at radius 2 is 1.70 bits per heavy atom. The Hall–Kier alpha value is -2.09. The first kappa shape index (κ1) is 17.3. The standard InChI is InChI=1S/C17H17IN2O3/c1-23-13-6-4-5-12(11-13)16(21)19-9-10-20-17(22)14-7-2-3-8-15(14)18/h2-8,11H,9-10H2,1H3,(H,19,21)(H,20,22). The molecule has 0 unspecified atom stereocenters. The summed E-state index contributed by atoms with van der Waals surface area (Å²) in [5, 5.41) is 5.55. The molecule has 0 atom stereocenters. The number of hydrogen-bond donors (Lipinski definition) is 2. The van der Waals surface area contributed by atoms with E-state index in [0.717, 1.165) is 3.57 Å². The van der Waals surface area contributed by atoms with Gasteiger partial charge in [-0.1, -0.05) is 18.2 Å². The van der Waals surface area contributed by atoms with E-state index in [-0.39, 0.29) is 11.8 Å². The molecule has 0 saturated carbocycles. The van der Waals surface area contributed by atoms with Crippen LogP contribution in [0.5, 0.6) is 5.75 Å². The van der Waals surface area contributed by atoms with Crippen LogP contribution in [0.2, 0.25) is 0 Å². The second kappa shape index (κ2) is 8.52. The fourth-order valence-corrected chi connectivity index (χ4v) is 2.59. The predicted molar refractivity (Wildman–Crippen MR) is 96.8 cm³/mol. The predicted octanol–water partition coefficient (Wildman–Crippen LogP) is 2.46. The van der Waals surface area contributed by atoms with Crippen molar-refractivity contribution in [2.24, 2.45) is 0 Å². The Labute approximate surface area is 148 Å². The molecule has 0 fully saturated rings. The maximum absolute atomic E-state index is 12.0. The van der Waals surface area contributed by atoms with E-state index < -0.39 is 0 Å². The second-order valence-electron chi connectivity index (χ2n) is 4.72. The van der Waals surface area contributed by atoms with E-state index in [1.165, 1.54) is 0 Å². The lowest BCUT2D eigenvalue weighted by atomic mass is 10.2. The first-order chi connectivity index (χ1) is 11.1. The number of nitrogens with one attached hydrogen (secondary N) is 2. The van der Waals surface area contributed by atoms with Crippen molar-refractivity contribution in [2.75, 3.05) is 20.2 Å². The third-order valence-corrected chi connectivity index (χ3v) is 4.09. The number of carbonyl (C=O) groups excluding carboxylic acids is 2. The largest absolute Gasteiger partial charge is 0.497 e. The molecule has 120 valence electrons. The average molecular weight is 424 g/mol. The van der Waals surface area contributed by atoms with E-state index in [2.05, 4.69) is 33.2 Å². The zero-order chi connectivity index (χ0) is 16.7. The van der Waals surface area contributed by atoms with Crippen molar-refractivity contribution in [1.82, 2.24) is 10.6 Å². The number of rotatable bonds is 6. The summed E-state index contributed by atoms with van der Waals surface area (Å²) >= 11 is 2.12. The highest BCUT2D eigenvalue weighted by Crippen LogP contribution is 2.12. The summed E-state index contributed by atoms with van der Waals surface area (Å²) in [4.78, 5) is 24.0. The van der Waals surface area contributed by atoms with Crippen LogP contribution in [0.3, 0.4) is 0 Å². The van der Waals surface area contributed by atoms with Gasteiger partial charge in [-0.05, 0) is 52.9 Å². The van der Waals surface area contributed by atoms with Gasteiger partial charge in [-0.25, -0.2) is 0 Å². The number of carbonyl (C=O) groups is 2. The van der Waals surface area contributed by atoms with Crippen LogP contribution < -0.4 is 15.4 Å². The Balaban J connectivity index is 1.80. The summed E-state index contributed by atoms with van der Waals surface area (Å²) < 4.78 is 5.98. The van der Waals surface area contributed by atoms with E-state index in [0.29, 0.717) is 30.0 Å². The van der Waals surface area contributed by atoms with Gasteiger partial charge >= 0.3 is 0 Å². The van der Waals surface area contributed by atoms with Crippen LogP contribution in [-0.2, 0) is 0 Å². The van der Waals surface area contributed by atoms with Gasteiger partial charge in [0.15, 0.2) is 0 Å². The molecule has 23 heavy (non-hydrogen) atoms. The molecule has 0 aliphatic carbocycles. The van der Waals surface area contributed by atoms with Gasteiger partial charge in [-0.3, -0.25) is 9.59 Å². The molecule has 2 amide bonds. The maximum atomic E-state index is 12.0. The van der Waals surface area contributed by atoms with Crippen LogP contribution >= 0.6 is 22.6 Å². The Morgan fingerprint density at radius 1 is 1.00 bits per heavy atom. The first-order valence-electron chi connectivity index (χ1n) is 7.07. The number of hydrogen-bond acceptors (Lipinski definition) is 3. The molecule has 2 rings (SSSR count). The summed E-state index contributed by atoms with van der Waals surface area (Å²) in [5.41, 5.74) is 1.15. The monoisotopic (exact) mass is 424 g/mol. The third kappa shape index (κ3) is 4.95. The highest BCUT2D eigenvalue weighted by Gasteiger charge is 2.09. The van der Waals surface area contributed by atoms with Crippen molar-refractivity contribution >= 4 is 34.4 Å². The summed E-state index contributed by atoms with van der Waals surface area (Å²) in [6.45, 7) is 0.713. The summed E-state index contributed by atoms with van der Waals surface area (Å²) in [6.07, 6.45) is 0. The molecule has 0 aromatic heterocycles. The average Bonchev–Trinajstić information content (AvgIpc) is 2.58. The Kier molecular flexibility index (Phi) is 6.40. The zero-order valence-corrected chi connectivity index (χ0v) is 14.8. The topological polar surface area (TPSA) is 67.4 Å². The van der Waals surface area contributed by atoms with Crippen LogP contribution in [0.25, 0.3) is 0 Å². The quantitative estimate of drug-likeness (QED) is 0.553. The van der Waals surface area contributed by atoms with E-state index in [1.807, 2.05) is 18.2 Å². The summed E-state index contributed by atoms with van der Waals surface area (Å²) in [6, 6.07) is 14.3. The van der Waals surface area contributed by atoms with E-state index >= 15 is 0 Å². The lowest BCUT2D eigenvalue weighted by molar-refractivity contribution is 0.0927. The second-order valence-corrected chi connectivity index (χ2v) is 5.89. The van der Waals surface area contributed by atoms with E-state index in [9.17, 15) is 9.59 Å². The smallest absolute Gasteiger partial charge is 0.252 e. The molecule has 0 heterocycles. The molecule has 0 spiro atoms. The molecular formula is C17H17IN2O3. The van der Waals surface area contributed by atoms with Gasteiger partial charge in [0.25, 0.3) is 11.8 Å². The van der Waals surface area contributed by atoms with Gasteiger partial charge in [0.1, 0.15) is 5.75 Å². The third-order valence-electron chi connectivity index (χ3n) is 3.15. The van der Waals surface area contributed by atoms with E-state index in [4.69, 9.17) is 4.74 Å². The lowest BCUT2D eigenvalue weighted by Gasteiger charge is -2.09. The fraction of sp³-hybridized carbons (Fsp3) is 0.176. The molecule has 6 heteroatoms. The summed E-state index contributed by atoms with van der Waals surface area (Å²) in [5.74, 6) is 0.280. The van der Waals surface area contributed by atoms with Crippen LogP contribution in [0.4, 0.5) is 0 Å². The van der Waals surface area contributed by atoms with E-state index in [1.54, 1.807) is 37.4 Å². The van der Waals surface area contributed by atoms with Crippen LogP contribution in [0.1, 0.15) is 20.7 Å². The molecule has 2 aromatic rings. The molecule has 2 aromatic carbocycles. The van der Waals surface area contributed by atoms with Crippen LogP contribution in [0.15, 0.2) is 48.5 Å². The minimum atomic E-state index is -0.201. The molecular weight excluding hydrogens is 407 g/mol. The van der Waals surface area contributed by atoms with Crippen molar-refractivity contribution < 1.29 is 14.3 Å². The number of methoxy groups -OCH3 is 1. The molecule has 0 saturated heterocycles. The van der Waals surface area contributed by atoms with Gasteiger partial charge in [-0.2, -0.15) is 0 Å². The maximum Gasteiger partial charge on any atom is 0.252 e. The number of halogens is 1. The van der Waals surface area contributed by atoms with Crippen molar-refractivity contribution in [3.63, 3.8) is 0 Å². The highest BCUT2D eigenvalue weighted by molar-refractivity contribution is 14.1. The van der Waals surface area contributed by atoms with Gasteiger partial charge in [-0.15, -0.1) is 0 Å². The molecule has 5 nitrogen and oxygen atoms in total. The van der Waals surface area contributed by atoms with Crippen molar-refractivity contribution in [3.8, 4) is 5.75 Å². The molecule has 0 aliphatic heterocycles. The Bertz CT molecular complexity index is 704. The Morgan fingerprint density at radius 3 is 2.39 bits per heavy atom. The minimum Gasteiger partial charge on any atom is -0.497 e. The van der Waals surface area contributed by atoms with Gasteiger partial charge in [0, 0.05) is 22.2 Å². The lowest BCUT2D eigenvalue weighted by Crippen LogP contribution is -2.34. The highest BCUT2D eigenvalue weighted by atomic mass is 127. The van der Waals surface area contributed by atoms with Crippen molar-refractivity contribution in [3.05, 3.63) is 63.2 Å². The van der Waals surface area contributed by atoms with Gasteiger partial charge < -0.3 is 15.4 Å². The number of ether oxygens (including phenoxy) is 1. The molecule has 2 N–H and O–H groups in total. The van der Waals surface area contributed by atoms with Crippen molar-refractivity contribution in [1.29, 1.82) is 0 Å². The van der Waals surface area contributed by atoms with Crippen LogP contribution in [-0.4, -0.2) is 32.0 Å². The van der Waals surface area contributed by atoms with Crippen LogP contribution in [0, 0.1) is 3.57 Å². The number of amides is 2. The normalized spacial score (nSPS) is 10.0. The fourth-order valence-electron chi connectivity index (χ4n) is 1.96. The first-order valence-corrected chi connectivity index (χ1v) is 8.14. The van der Waals surface area contributed by atoms with Gasteiger partial charge in [0.2, 0.25) is 0 Å². The summed E-state index contributed by atoms with van der Waals surface area (Å²) in [7, 11) is 1.55. The van der Waals surface area contributed by atoms with Gasteiger partial charge in [0.05, 0.1) is 12.7 Å².